The maximum absolute atomic E-state index is 11.9. The Balaban J connectivity index is 1.91. The average Bonchev–Trinajstić information content (AvgIpc) is 2.75. The highest BCUT2D eigenvalue weighted by Crippen LogP contribution is 2.22. The first-order valence-electron chi connectivity index (χ1n) is 6.10. The molecule has 5 nitrogen and oxygen atoms in total. The number of hydrogen-bond donors (Lipinski definition) is 2. The minimum atomic E-state index is -0.0337. The molecule has 1 atom stereocenters. The van der Waals surface area contributed by atoms with Crippen LogP contribution in [0.5, 0.6) is 5.75 Å². The Morgan fingerprint density at radius 2 is 2.33 bits per heavy atom. The second-order valence-electron chi connectivity index (χ2n) is 4.53. The molecular formula is C13H19N3O2. The number of ether oxygens (including phenoxy) is 1. The van der Waals surface area contributed by atoms with Crippen molar-refractivity contribution in [1.29, 1.82) is 0 Å². The van der Waals surface area contributed by atoms with Crippen molar-refractivity contribution in [3.63, 3.8) is 0 Å². The van der Waals surface area contributed by atoms with E-state index in [1.807, 2.05) is 24.3 Å². The molecule has 3 N–H and O–H groups in total. The summed E-state index contributed by atoms with van der Waals surface area (Å²) in [5, 5.41) is 2.86. The van der Waals surface area contributed by atoms with Crippen LogP contribution >= 0.6 is 0 Å². The van der Waals surface area contributed by atoms with Crippen LogP contribution in [-0.4, -0.2) is 43.6 Å². The van der Waals surface area contributed by atoms with Crippen molar-refractivity contribution >= 4 is 11.6 Å². The predicted molar refractivity (Wildman–Crippen MR) is 70.7 cm³/mol. The number of carbonyl (C=O) groups excluding carboxylic acids is 1. The number of nitrogens with one attached hydrogen (secondary N) is 1. The molecule has 0 aromatic heterocycles. The van der Waals surface area contributed by atoms with Gasteiger partial charge in [0.25, 0.3) is 0 Å². The number of hydrogen-bond acceptors (Lipinski definition) is 4. The van der Waals surface area contributed by atoms with E-state index in [4.69, 9.17) is 10.5 Å². The van der Waals surface area contributed by atoms with Gasteiger partial charge in [0.2, 0.25) is 5.91 Å². The van der Waals surface area contributed by atoms with E-state index < -0.39 is 0 Å². The molecule has 0 saturated carbocycles. The Morgan fingerprint density at radius 3 is 3.00 bits per heavy atom. The lowest BCUT2D eigenvalue weighted by Gasteiger charge is -2.15. The normalized spacial score (nSPS) is 19.8. The smallest absolute Gasteiger partial charge is 0.238 e. The first kappa shape index (κ1) is 12.9. The zero-order valence-corrected chi connectivity index (χ0v) is 10.6. The summed E-state index contributed by atoms with van der Waals surface area (Å²) >= 11 is 0. The highest BCUT2D eigenvalue weighted by molar-refractivity contribution is 5.93. The maximum Gasteiger partial charge on any atom is 0.238 e. The van der Waals surface area contributed by atoms with Gasteiger partial charge in [-0.15, -0.1) is 0 Å². The molecular weight excluding hydrogens is 230 g/mol. The summed E-state index contributed by atoms with van der Waals surface area (Å²) in [6.07, 6.45) is 0.960. The molecule has 2 rings (SSSR count). The predicted octanol–water partition coefficient (Wildman–Crippen LogP) is 0.667. The van der Waals surface area contributed by atoms with Crippen LogP contribution in [0.4, 0.5) is 5.69 Å². The molecule has 1 heterocycles. The van der Waals surface area contributed by atoms with E-state index in [-0.39, 0.29) is 11.9 Å². The lowest BCUT2D eigenvalue weighted by atomic mass is 10.3. The number of para-hydroxylation sites is 2. The summed E-state index contributed by atoms with van der Waals surface area (Å²) < 4.78 is 5.18. The highest BCUT2D eigenvalue weighted by Gasteiger charge is 2.21. The zero-order valence-electron chi connectivity index (χ0n) is 10.6. The summed E-state index contributed by atoms with van der Waals surface area (Å²) in [5.41, 5.74) is 6.51. The fourth-order valence-corrected chi connectivity index (χ4v) is 2.15. The van der Waals surface area contributed by atoms with E-state index in [2.05, 4.69) is 10.2 Å². The Morgan fingerprint density at radius 1 is 1.56 bits per heavy atom. The van der Waals surface area contributed by atoms with Crippen LogP contribution in [0.15, 0.2) is 24.3 Å². The number of carbonyl (C=O) groups is 1. The molecule has 1 aromatic rings. The molecule has 0 radical (unpaired) electrons. The van der Waals surface area contributed by atoms with Crippen LogP contribution < -0.4 is 15.8 Å². The van der Waals surface area contributed by atoms with Gasteiger partial charge in [0.15, 0.2) is 0 Å². The summed E-state index contributed by atoms with van der Waals surface area (Å²) in [6.45, 7) is 2.06. The number of benzene rings is 1. The van der Waals surface area contributed by atoms with Crippen molar-refractivity contribution in [2.45, 2.75) is 12.5 Å². The lowest BCUT2D eigenvalue weighted by molar-refractivity contribution is -0.117. The van der Waals surface area contributed by atoms with Crippen molar-refractivity contribution in [2.24, 2.45) is 5.73 Å². The molecule has 1 fully saturated rings. The molecule has 1 aliphatic heterocycles. The second kappa shape index (κ2) is 5.84. The molecule has 5 heteroatoms. The van der Waals surface area contributed by atoms with Crippen LogP contribution in [0.25, 0.3) is 0 Å². The number of likely N-dealkylation sites (tertiary alicyclic amines) is 1. The van der Waals surface area contributed by atoms with Crippen molar-refractivity contribution in [2.75, 3.05) is 32.1 Å². The van der Waals surface area contributed by atoms with E-state index in [0.29, 0.717) is 18.0 Å². The van der Waals surface area contributed by atoms with Gasteiger partial charge in [0.05, 0.1) is 19.3 Å². The third-order valence-corrected chi connectivity index (χ3v) is 3.06. The van der Waals surface area contributed by atoms with E-state index >= 15 is 0 Å². The fourth-order valence-electron chi connectivity index (χ4n) is 2.15. The zero-order chi connectivity index (χ0) is 13.0. The standard InChI is InChI=1S/C13H19N3O2/c1-18-12-5-3-2-4-11(12)15-13(17)9-16-7-6-10(14)8-16/h2-5,10H,6-9,14H2,1H3,(H,15,17)/t10-/m0/s1. The van der Waals surface area contributed by atoms with Crippen LogP contribution in [0.3, 0.4) is 0 Å². The number of nitrogens with zero attached hydrogens (tertiary/aromatic N) is 1. The average molecular weight is 249 g/mol. The Labute approximate surface area is 107 Å². The first-order chi connectivity index (χ1) is 8.69. The van der Waals surface area contributed by atoms with Gasteiger partial charge in [-0.05, 0) is 18.6 Å². The van der Waals surface area contributed by atoms with E-state index in [9.17, 15) is 4.79 Å². The van der Waals surface area contributed by atoms with Gasteiger partial charge < -0.3 is 15.8 Å². The van der Waals surface area contributed by atoms with Crippen molar-refractivity contribution in [3.05, 3.63) is 24.3 Å². The van der Waals surface area contributed by atoms with E-state index in [1.54, 1.807) is 7.11 Å². The van der Waals surface area contributed by atoms with Gasteiger partial charge in [0.1, 0.15) is 5.75 Å². The molecule has 1 aromatic carbocycles. The lowest BCUT2D eigenvalue weighted by Crippen LogP contribution is -2.33. The second-order valence-corrected chi connectivity index (χ2v) is 4.53. The number of methoxy groups -OCH3 is 1. The van der Waals surface area contributed by atoms with Gasteiger partial charge in [-0.25, -0.2) is 0 Å². The summed E-state index contributed by atoms with van der Waals surface area (Å²) in [4.78, 5) is 14.0. The molecule has 1 aliphatic rings. The Hall–Kier alpha value is -1.59. The fraction of sp³-hybridized carbons (Fsp3) is 0.462. The Kier molecular flexibility index (Phi) is 4.17. The van der Waals surface area contributed by atoms with Gasteiger partial charge in [-0.3, -0.25) is 9.69 Å². The van der Waals surface area contributed by atoms with Crippen LogP contribution in [0.1, 0.15) is 6.42 Å². The van der Waals surface area contributed by atoms with E-state index in [1.165, 1.54) is 0 Å². The molecule has 0 aliphatic carbocycles. The minimum absolute atomic E-state index is 0.0337. The van der Waals surface area contributed by atoms with Crippen LogP contribution in [0, 0.1) is 0 Å². The number of rotatable bonds is 4. The Bertz CT molecular complexity index is 422. The summed E-state index contributed by atoms with van der Waals surface area (Å²) in [5.74, 6) is 0.637. The van der Waals surface area contributed by atoms with Gasteiger partial charge >= 0.3 is 0 Å². The first-order valence-corrected chi connectivity index (χ1v) is 6.10. The minimum Gasteiger partial charge on any atom is -0.495 e. The number of nitrogens with two attached hydrogens (primary N) is 1. The molecule has 0 spiro atoms. The van der Waals surface area contributed by atoms with Gasteiger partial charge in [0, 0.05) is 19.1 Å². The maximum atomic E-state index is 11.9. The molecule has 18 heavy (non-hydrogen) atoms. The SMILES string of the molecule is COc1ccccc1NC(=O)CN1CC[C@H](N)C1. The third kappa shape index (κ3) is 3.21. The molecule has 98 valence electrons. The number of amides is 1. The monoisotopic (exact) mass is 249 g/mol. The summed E-state index contributed by atoms with van der Waals surface area (Å²) in [6, 6.07) is 7.58. The van der Waals surface area contributed by atoms with E-state index in [0.717, 1.165) is 19.5 Å². The van der Waals surface area contributed by atoms with Crippen molar-refractivity contribution < 1.29 is 9.53 Å². The topological polar surface area (TPSA) is 67.6 Å². The van der Waals surface area contributed by atoms with Crippen molar-refractivity contribution in [1.82, 2.24) is 4.90 Å². The molecule has 0 unspecified atom stereocenters. The molecule has 1 saturated heterocycles. The van der Waals surface area contributed by atoms with Gasteiger partial charge in [-0.1, -0.05) is 12.1 Å². The third-order valence-electron chi connectivity index (χ3n) is 3.06. The molecule has 1 amide bonds. The quantitative estimate of drug-likeness (QED) is 0.823. The molecule has 0 bridgehead atoms. The van der Waals surface area contributed by atoms with Crippen molar-refractivity contribution in [3.8, 4) is 5.75 Å². The summed E-state index contributed by atoms with van der Waals surface area (Å²) in [7, 11) is 1.59. The number of anilines is 1. The van der Waals surface area contributed by atoms with Crippen LogP contribution in [0.2, 0.25) is 0 Å². The van der Waals surface area contributed by atoms with Crippen LogP contribution in [-0.2, 0) is 4.79 Å². The highest BCUT2D eigenvalue weighted by atomic mass is 16.5. The largest absolute Gasteiger partial charge is 0.495 e. The van der Waals surface area contributed by atoms with Gasteiger partial charge in [-0.2, -0.15) is 0 Å².